The molecule has 0 unspecified atom stereocenters. The minimum atomic E-state index is -3.10. The molecule has 0 N–H and O–H groups in total. The highest BCUT2D eigenvalue weighted by molar-refractivity contribution is 8.16. The van der Waals surface area contributed by atoms with E-state index in [0.717, 1.165) is 0 Å². The predicted octanol–water partition coefficient (Wildman–Crippen LogP) is 2.29. The number of hydrogen-bond acceptors (Lipinski definition) is 5. The van der Waals surface area contributed by atoms with Gasteiger partial charge in [0.25, 0.3) is 0 Å². The second kappa shape index (κ2) is 6.92. The molecule has 2 aliphatic heterocycles. The van der Waals surface area contributed by atoms with E-state index in [2.05, 4.69) is 4.99 Å². The van der Waals surface area contributed by atoms with Crippen LogP contribution in [-0.4, -0.2) is 48.1 Å². The quantitative estimate of drug-likeness (QED) is 0.745. The van der Waals surface area contributed by atoms with Crippen LogP contribution in [0.5, 0.6) is 0 Å². The highest BCUT2D eigenvalue weighted by Crippen LogP contribution is 2.41. The van der Waals surface area contributed by atoms with Crippen molar-refractivity contribution >= 4 is 44.1 Å². The summed E-state index contributed by atoms with van der Waals surface area (Å²) in [6, 6.07) is 6.77. The molecule has 2 heterocycles. The Hall–Kier alpha value is -1.67. The number of amidine groups is 1. The first kappa shape index (κ1) is 18.1. The molecule has 6 nitrogen and oxygen atoms in total. The summed E-state index contributed by atoms with van der Waals surface area (Å²) in [4.78, 5) is 29.7. The Labute approximate surface area is 151 Å². The summed E-state index contributed by atoms with van der Waals surface area (Å²) in [5.41, 5.74) is 1.25. The van der Waals surface area contributed by atoms with Crippen molar-refractivity contribution < 1.29 is 18.0 Å². The van der Waals surface area contributed by atoms with Crippen LogP contribution in [0, 0.1) is 0 Å². The van der Waals surface area contributed by atoms with Gasteiger partial charge in [0.2, 0.25) is 5.91 Å². The number of hydrogen-bond donors (Lipinski definition) is 0. The number of thioether (sulfide) groups is 1. The number of ketones is 1. The number of carbonyl (C=O) groups excluding carboxylic acids is 2. The molecule has 134 valence electrons. The topological polar surface area (TPSA) is 83.9 Å². The molecule has 1 aromatic carbocycles. The number of aliphatic imine (C=N–C) groups is 1. The Kier molecular flexibility index (Phi) is 5.02. The lowest BCUT2D eigenvalue weighted by molar-refractivity contribution is -0.117. The second-order valence-corrected chi connectivity index (χ2v) is 9.68. The van der Waals surface area contributed by atoms with Gasteiger partial charge >= 0.3 is 0 Å². The molecule has 2 atom stereocenters. The molecule has 2 aliphatic rings. The fraction of sp³-hybridized carbons (Fsp3) is 0.471. The first-order valence-corrected chi connectivity index (χ1v) is 10.9. The summed E-state index contributed by atoms with van der Waals surface area (Å²) in [5, 5.41) is 0.392. The normalized spacial score (nSPS) is 26.0. The van der Waals surface area contributed by atoms with Crippen molar-refractivity contribution in [1.29, 1.82) is 0 Å². The van der Waals surface area contributed by atoms with Gasteiger partial charge in [-0.1, -0.05) is 30.8 Å². The van der Waals surface area contributed by atoms with Crippen molar-refractivity contribution in [1.82, 2.24) is 0 Å². The maximum atomic E-state index is 12.0. The number of sulfone groups is 1. The predicted molar refractivity (Wildman–Crippen MR) is 100 cm³/mol. The molecule has 0 radical (unpaired) electrons. The van der Waals surface area contributed by atoms with Crippen molar-refractivity contribution in [2.75, 3.05) is 16.4 Å². The number of Topliss-reactive ketones (excluding diaryl/α,β-unsaturated/α-hetero) is 1. The van der Waals surface area contributed by atoms with Gasteiger partial charge in [-0.3, -0.25) is 9.59 Å². The number of carbonyl (C=O) groups is 2. The number of benzene rings is 1. The van der Waals surface area contributed by atoms with Crippen LogP contribution in [-0.2, 0) is 14.6 Å². The monoisotopic (exact) mass is 380 g/mol. The van der Waals surface area contributed by atoms with E-state index in [1.165, 1.54) is 18.7 Å². The zero-order chi connectivity index (χ0) is 18.2. The van der Waals surface area contributed by atoms with E-state index in [-0.39, 0.29) is 34.5 Å². The van der Waals surface area contributed by atoms with E-state index >= 15 is 0 Å². The van der Waals surface area contributed by atoms with Gasteiger partial charge < -0.3 is 4.90 Å². The lowest BCUT2D eigenvalue weighted by Crippen LogP contribution is -2.37. The fourth-order valence-electron chi connectivity index (χ4n) is 3.12. The van der Waals surface area contributed by atoms with Gasteiger partial charge in [0.1, 0.15) is 0 Å². The third-order valence-corrected chi connectivity index (χ3v) is 7.49. The fourth-order valence-corrected chi connectivity index (χ4v) is 7.05. The smallest absolute Gasteiger partial charge is 0.248 e. The van der Waals surface area contributed by atoms with Crippen LogP contribution in [0.15, 0.2) is 29.3 Å². The number of anilines is 1. The molecule has 1 amide bonds. The third kappa shape index (κ3) is 3.79. The average molecular weight is 380 g/mol. The number of fused-ring (bicyclic) bond motifs is 1. The zero-order valence-corrected chi connectivity index (χ0v) is 15.8. The molecule has 0 aliphatic carbocycles. The molecule has 2 saturated heterocycles. The highest BCUT2D eigenvalue weighted by Gasteiger charge is 2.49. The van der Waals surface area contributed by atoms with Gasteiger partial charge in [-0.05, 0) is 25.5 Å². The minimum absolute atomic E-state index is 0.0377. The SMILES string of the molecule is CCCC(=O)N=C1S[C@@H]2CS(=O)(=O)C[C@@H]2N1c1cccc(C(C)=O)c1. The van der Waals surface area contributed by atoms with E-state index < -0.39 is 9.84 Å². The second-order valence-electron chi connectivity index (χ2n) is 6.32. The van der Waals surface area contributed by atoms with Crippen molar-refractivity contribution in [2.45, 2.75) is 38.0 Å². The van der Waals surface area contributed by atoms with Crippen LogP contribution in [0.4, 0.5) is 5.69 Å². The van der Waals surface area contributed by atoms with Crippen LogP contribution in [0.3, 0.4) is 0 Å². The van der Waals surface area contributed by atoms with Crippen molar-refractivity contribution in [3.05, 3.63) is 29.8 Å². The van der Waals surface area contributed by atoms with Gasteiger partial charge in [0.05, 0.1) is 17.5 Å². The largest absolute Gasteiger partial charge is 0.316 e. The maximum absolute atomic E-state index is 12.0. The van der Waals surface area contributed by atoms with Crippen LogP contribution >= 0.6 is 11.8 Å². The van der Waals surface area contributed by atoms with Crippen LogP contribution in [0.25, 0.3) is 0 Å². The maximum Gasteiger partial charge on any atom is 0.248 e. The third-order valence-electron chi connectivity index (χ3n) is 4.28. The Bertz CT molecular complexity index is 848. The van der Waals surface area contributed by atoms with Crippen LogP contribution in [0.1, 0.15) is 37.0 Å². The van der Waals surface area contributed by atoms with Gasteiger partial charge in [-0.15, -0.1) is 0 Å². The summed E-state index contributed by atoms with van der Waals surface area (Å²) < 4.78 is 24.1. The van der Waals surface area contributed by atoms with E-state index in [0.29, 0.717) is 29.3 Å². The van der Waals surface area contributed by atoms with Gasteiger partial charge in [0, 0.05) is 22.9 Å². The van der Waals surface area contributed by atoms with E-state index in [4.69, 9.17) is 0 Å². The van der Waals surface area contributed by atoms with Crippen molar-refractivity contribution in [3.8, 4) is 0 Å². The van der Waals surface area contributed by atoms with Gasteiger partial charge in [-0.25, -0.2) is 8.42 Å². The summed E-state index contributed by atoms with van der Waals surface area (Å²) in [6.07, 6.45) is 1.07. The lowest BCUT2D eigenvalue weighted by Gasteiger charge is -2.24. The zero-order valence-electron chi connectivity index (χ0n) is 14.1. The molecule has 0 aromatic heterocycles. The molecule has 0 saturated carbocycles. The Morgan fingerprint density at radius 3 is 2.76 bits per heavy atom. The van der Waals surface area contributed by atoms with Gasteiger partial charge in [0.15, 0.2) is 20.8 Å². The molecule has 0 bridgehead atoms. The van der Waals surface area contributed by atoms with Crippen LogP contribution in [0.2, 0.25) is 0 Å². The standard InChI is InChI=1S/C17H20N2O4S2/c1-3-5-16(21)18-17-19(13-7-4-6-12(8-13)11(2)20)14-9-25(22,23)10-15(14)24-17/h4,6-8,14-15H,3,5,9-10H2,1-2H3/t14-,15+/m0/s1. The molecular weight excluding hydrogens is 360 g/mol. The Balaban J connectivity index is 2.02. The molecular formula is C17H20N2O4S2. The first-order valence-electron chi connectivity index (χ1n) is 8.19. The Morgan fingerprint density at radius 2 is 2.08 bits per heavy atom. The number of nitrogens with zero attached hydrogens (tertiary/aromatic N) is 2. The average Bonchev–Trinajstić information content (AvgIpc) is 2.98. The lowest BCUT2D eigenvalue weighted by atomic mass is 10.1. The van der Waals surface area contributed by atoms with E-state index in [1.54, 1.807) is 18.2 Å². The minimum Gasteiger partial charge on any atom is -0.316 e. The number of rotatable bonds is 4. The summed E-state index contributed by atoms with van der Waals surface area (Å²) >= 11 is 1.35. The summed E-state index contributed by atoms with van der Waals surface area (Å²) in [6.45, 7) is 3.40. The molecule has 2 fully saturated rings. The molecule has 25 heavy (non-hydrogen) atoms. The molecule has 1 aromatic rings. The van der Waals surface area contributed by atoms with E-state index in [9.17, 15) is 18.0 Å². The molecule has 3 rings (SSSR count). The van der Waals surface area contributed by atoms with Crippen LogP contribution < -0.4 is 4.90 Å². The summed E-state index contributed by atoms with van der Waals surface area (Å²) in [5.74, 6) is -0.146. The van der Waals surface area contributed by atoms with Crippen molar-refractivity contribution in [3.63, 3.8) is 0 Å². The molecule has 8 heteroatoms. The Morgan fingerprint density at radius 1 is 1.32 bits per heavy atom. The number of amides is 1. The van der Waals surface area contributed by atoms with E-state index in [1.807, 2.05) is 17.9 Å². The van der Waals surface area contributed by atoms with Crippen molar-refractivity contribution in [2.24, 2.45) is 4.99 Å². The summed E-state index contributed by atoms with van der Waals surface area (Å²) in [7, 11) is -3.10. The highest BCUT2D eigenvalue weighted by atomic mass is 32.2. The first-order chi connectivity index (χ1) is 11.8. The van der Waals surface area contributed by atoms with Gasteiger partial charge in [-0.2, -0.15) is 4.99 Å². The molecule has 0 spiro atoms.